The molecule has 0 saturated heterocycles. The third-order valence-corrected chi connectivity index (χ3v) is 7.49. The Bertz CT molecular complexity index is 1620. The van der Waals surface area contributed by atoms with Crippen molar-refractivity contribution >= 4 is 51.6 Å². The molecule has 202 valence electrons. The molecule has 0 fully saturated rings. The van der Waals surface area contributed by atoms with Crippen LogP contribution in [0.25, 0.3) is 22.2 Å². The smallest absolute Gasteiger partial charge is 0.266 e. The Balaban J connectivity index is 1.32. The van der Waals surface area contributed by atoms with Crippen molar-refractivity contribution in [1.82, 2.24) is 20.6 Å². The molecule has 5 rings (SSSR count). The van der Waals surface area contributed by atoms with Gasteiger partial charge in [0.05, 0.1) is 11.0 Å². The van der Waals surface area contributed by atoms with Crippen molar-refractivity contribution in [3.63, 3.8) is 0 Å². The topological polar surface area (TPSA) is 114 Å². The van der Waals surface area contributed by atoms with E-state index in [0.29, 0.717) is 33.1 Å². The second-order valence-corrected chi connectivity index (χ2v) is 10.4. The summed E-state index contributed by atoms with van der Waals surface area (Å²) >= 11 is 7.68. The standard InChI is InChI=1S/C30H25ClN4O4S/c1-2-22(27(36)30-35-23-9-5-6-10-25(23)39-30)33-29(38)24(17-26-32-15-16-40-26)34-28(37)19-13-11-18(12-14-19)20-7-3-4-8-21(20)31/h3-16,22,24H,2,17H2,1H3,(H,33,38)(H,34,37)/t22-,24-/m0/s1. The number of fused-ring (bicyclic) bond motifs is 1. The lowest BCUT2D eigenvalue weighted by atomic mass is 10.0. The lowest BCUT2D eigenvalue weighted by molar-refractivity contribution is -0.123. The number of para-hydroxylation sites is 2. The normalized spacial score (nSPS) is 12.6. The Hall–Kier alpha value is -4.34. The Morgan fingerprint density at radius 2 is 1.70 bits per heavy atom. The van der Waals surface area contributed by atoms with Crippen molar-refractivity contribution in [2.75, 3.05) is 0 Å². The predicted octanol–water partition coefficient (Wildman–Crippen LogP) is 5.72. The molecule has 40 heavy (non-hydrogen) atoms. The Morgan fingerprint density at radius 3 is 2.40 bits per heavy atom. The highest BCUT2D eigenvalue weighted by molar-refractivity contribution is 7.09. The number of thiazole rings is 1. The van der Waals surface area contributed by atoms with Crippen LogP contribution < -0.4 is 10.6 Å². The van der Waals surface area contributed by atoms with Gasteiger partial charge >= 0.3 is 0 Å². The molecule has 0 aliphatic carbocycles. The number of hydrogen-bond donors (Lipinski definition) is 2. The number of benzene rings is 3. The van der Waals surface area contributed by atoms with Gasteiger partial charge in [-0.05, 0) is 42.3 Å². The number of aromatic nitrogens is 2. The number of amides is 2. The van der Waals surface area contributed by atoms with E-state index in [9.17, 15) is 14.4 Å². The first-order valence-electron chi connectivity index (χ1n) is 12.7. The number of carbonyl (C=O) groups excluding carboxylic acids is 3. The molecule has 2 N–H and O–H groups in total. The van der Waals surface area contributed by atoms with E-state index in [2.05, 4.69) is 20.6 Å². The van der Waals surface area contributed by atoms with Gasteiger partial charge in [0, 0.05) is 34.1 Å². The highest BCUT2D eigenvalue weighted by Crippen LogP contribution is 2.27. The van der Waals surface area contributed by atoms with Crippen molar-refractivity contribution in [3.05, 3.63) is 106 Å². The van der Waals surface area contributed by atoms with Gasteiger partial charge in [0.2, 0.25) is 11.7 Å². The molecule has 3 aromatic carbocycles. The van der Waals surface area contributed by atoms with E-state index in [1.807, 2.05) is 18.2 Å². The highest BCUT2D eigenvalue weighted by Gasteiger charge is 2.30. The van der Waals surface area contributed by atoms with Crippen molar-refractivity contribution < 1.29 is 18.8 Å². The number of ketones is 1. The summed E-state index contributed by atoms with van der Waals surface area (Å²) < 4.78 is 5.61. The SMILES string of the molecule is CC[C@H](NC(=O)[C@H](Cc1nccs1)NC(=O)c1ccc(-c2ccccc2Cl)cc1)C(=O)c1nc2ccccc2o1. The van der Waals surface area contributed by atoms with Crippen LogP contribution in [0.15, 0.2) is 88.8 Å². The third kappa shape index (κ3) is 6.11. The van der Waals surface area contributed by atoms with Crippen LogP contribution in [-0.2, 0) is 11.2 Å². The summed E-state index contributed by atoms with van der Waals surface area (Å²) in [4.78, 5) is 48.3. The van der Waals surface area contributed by atoms with E-state index in [1.54, 1.807) is 73.1 Å². The maximum absolute atomic E-state index is 13.4. The first-order valence-corrected chi connectivity index (χ1v) is 13.9. The van der Waals surface area contributed by atoms with Gasteiger partial charge in [-0.3, -0.25) is 14.4 Å². The lowest BCUT2D eigenvalue weighted by Gasteiger charge is -2.21. The molecule has 0 aliphatic rings. The predicted molar refractivity (Wildman–Crippen MR) is 155 cm³/mol. The van der Waals surface area contributed by atoms with Crippen LogP contribution in [0.2, 0.25) is 5.02 Å². The minimum Gasteiger partial charge on any atom is -0.434 e. The number of oxazole rings is 1. The molecule has 0 unspecified atom stereocenters. The zero-order chi connectivity index (χ0) is 28.1. The lowest BCUT2D eigenvalue weighted by Crippen LogP contribution is -2.52. The molecular weight excluding hydrogens is 548 g/mol. The Kier molecular flexibility index (Phi) is 8.33. The summed E-state index contributed by atoms with van der Waals surface area (Å²) in [6, 6.07) is 19.6. The van der Waals surface area contributed by atoms with E-state index in [-0.39, 0.29) is 12.3 Å². The van der Waals surface area contributed by atoms with Crippen molar-refractivity contribution in [3.8, 4) is 11.1 Å². The van der Waals surface area contributed by atoms with Crippen LogP contribution in [0.1, 0.15) is 39.4 Å². The molecule has 2 heterocycles. The van der Waals surface area contributed by atoms with Gasteiger partial charge in [-0.15, -0.1) is 11.3 Å². The molecular formula is C30H25ClN4O4S. The minimum atomic E-state index is -0.965. The maximum Gasteiger partial charge on any atom is 0.266 e. The van der Waals surface area contributed by atoms with Gasteiger partial charge in [-0.1, -0.05) is 61.0 Å². The Labute approximate surface area is 239 Å². The Morgan fingerprint density at radius 1 is 0.950 bits per heavy atom. The summed E-state index contributed by atoms with van der Waals surface area (Å²) in [5.41, 5.74) is 3.14. The number of rotatable bonds is 10. The third-order valence-electron chi connectivity index (χ3n) is 6.36. The van der Waals surface area contributed by atoms with Crippen LogP contribution in [-0.4, -0.2) is 39.6 Å². The average molecular weight is 573 g/mol. The molecule has 2 aromatic heterocycles. The van der Waals surface area contributed by atoms with Crippen molar-refractivity contribution in [1.29, 1.82) is 0 Å². The van der Waals surface area contributed by atoms with Gasteiger partial charge < -0.3 is 15.1 Å². The first-order chi connectivity index (χ1) is 19.4. The van der Waals surface area contributed by atoms with E-state index < -0.39 is 29.7 Å². The highest BCUT2D eigenvalue weighted by atomic mass is 35.5. The second kappa shape index (κ2) is 12.2. The number of carbonyl (C=O) groups is 3. The fourth-order valence-corrected chi connectivity index (χ4v) is 5.14. The van der Waals surface area contributed by atoms with Gasteiger partial charge in [0.15, 0.2) is 5.58 Å². The maximum atomic E-state index is 13.4. The first kappa shape index (κ1) is 27.2. The molecule has 0 saturated carbocycles. The fourth-order valence-electron chi connectivity index (χ4n) is 4.23. The molecule has 8 nitrogen and oxygen atoms in total. The summed E-state index contributed by atoms with van der Waals surface area (Å²) in [6.45, 7) is 1.78. The molecule has 0 spiro atoms. The number of nitrogens with zero attached hydrogens (tertiary/aromatic N) is 2. The summed E-state index contributed by atoms with van der Waals surface area (Å²) in [7, 11) is 0. The van der Waals surface area contributed by atoms with E-state index in [0.717, 1.165) is 11.1 Å². The van der Waals surface area contributed by atoms with E-state index in [1.165, 1.54) is 11.3 Å². The van der Waals surface area contributed by atoms with E-state index in [4.69, 9.17) is 16.0 Å². The molecule has 2 atom stereocenters. The quantitative estimate of drug-likeness (QED) is 0.207. The largest absolute Gasteiger partial charge is 0.434 e. The number of halogens is 1. The van der Waals surface area contributed by atoms with Crippen LogP contribution in [0.4, 0.5) is 0 Å². The van der Waals surface area contributed by atoms with Gasteiger partial charge in [-0.25, -0.2) is 9.97 Å². The summed E-state index contributed by atoms with van der Waals surface area (Å²) in [5.74, 6) is -1.46. The minimum absolute atomic E-state index is 0.0764. The van der Waals surface area contributed by atoms with Crippen molar-refractivity contribution in [2.45, 2.75) is 31.8 Å². The van der Waals surface area contributed by atoms with Crippen molar-refractivity contribution in [2.24, 2.45) is 0 Å². The number of hydrogen-bond acceptors (Lipinski definition) is 7. The molecule has 0 radical (unpaired) electrons. The zero-order valence-corrected chi connectivity index (χ0v) is 23.0. The number of nitrogens with one attached hydrogen (secondary N) is 2. The molecule has 2 amide bonds. The average Bonchev–Trinajstić information content (AvgIpc) is 3.65. The summed E-state index contributed by atoms with van der Waals surface area (Å²) in [6.07, 6.45) is 2.11. The zero-order valence-electron chi connectivity index (χ0n) is 21.5. The van der Waals surface area contributed by atoms with Gasteiger partial charge in [-0.2, -0.15) is 0 Å². The van der Waals surface area contributed by atoms with Crippen LogP contribution in [0, 0.1) is 0 Å². The number of Topliss-reactive ketones (excluding diaryl/α,β-unsaturated/α-hetero) is 1. The molecule has 0 bridgehead atoms. The monoisotopic (exact) mass is 572 g/mol. The van der Waals surface area contributed by atoms with Gasteiger partial charge in [0.1, 0.15) is 11.6 Å². The van der Waals surface area contributed by atoms with E-state index >= 15 is 0 Å². The van der Waals surface area contributed by atoms with Crippen LogP contribution in [0.3, 0.4) is 0 Å². The van der Waals surface area contributed by atoms with Crippen LogP contribution >= 0.6 is 22.9 Å². The summed E-state index contributed by atoms with van der Waals surface area (Å²) in [5, 5.41) is 8.67. The fraction of sp³-hybridized carbons (Fsp3) is 0.167. The second-order valence-electron chi connectivity index (χ2n) is 9.03. The van der Waals surface area contributed by atoms with Crippen LogP contribution in [0.5, 0.6) is 0 Å². The molecule has 5 aromatic rings. The van der Waals surface area contributed by atoms with Gasteiger partial charge in [0.25, 0.3) is 11.8 Å². The molecule has 0 aliphatic heterocycles. The molecule has 10 heteroatoms.